The minimum Gasteiger partial charge on any atom is -0.357 e. The van der Waals surface area contributed by atoms with Crippen LogP contribution in [-0.4, -0.2) is 51.0 Å². The minimum atomic E-state index is -3.85. The second-order valence-electron chi connectivity index (χ2n) is 9.16. The minimum absolute atomic E-state index is 0.0906. The lowest BCUT2D eigenvalue weighted by molar-refractivity contribution is -0.139. The number of carbonyl (C=O) groups excluding carboxylic acids is 2. The Morgan fingerprint density at radius 3 is 2.03 bits per heavy atom. The molecule has 202 valence electrons. The highest BCUT2D eigenvalue weighted by molar-refractivity contribution is 7.92. The van der Waals surface area contributed by atoms with Crippen molar-refractivity contribution in [2.24, 2.45) is 0 Å². The normalized spacial score (nSPS) is 12.1. The Bertz CT molecular complexity index is 1370. The Kier molecular flexibility index (Phi) is 9.82. The average molecular weight is 577 g/mol. The van der Waals surface area contributed by atoms with E-state index in [1.54, 1.807) is 30.3 Å². The number of anilines is 1. The molecule has 7 nitrogen and oxygen atoms in total. The first kappa shape index (κ1) is 29.5. The van der Waals surface area contributed by atoms with Gasteiger partial charge in [0.15, 0.2) is 0 Å². The predicted molar refractivity (Wildman–Crippen MR) is 153 cm³/mol. The van der Waals surface area contributed by atoms with Crippen LogP contribution in [0.2, 0.25) is 10.0 Å². The molecule has 0 heterocycles. The number of sulfonamides is 1. The van der Waals surface area contributed by atoms with Crippen molar-refractivity contribution in [3.63, 3.8) is 0 Å². The summed E-state index contributed by atoms with van der Waals surface area (Å²) in [7, 11) is -2.36. The number of halogens is 2. The monoisotopic (exact) mass is 575 g/mol. The maximum atomic E-state index is 14.0. The van der Waals surface area contributed by atoms with Crippen LogP contribution in [-0.2, 0) is 32.6 Å². The van der Waals surface area contributed by atoms with Crippen LogP contribution in [0.3, 0.4) is 0 Å². The summed E-state index contributed by atoms with van der Waals surface area (Å²) >= 11 is 12.9. The van der Waals surface area contributed by atoms with E-state index in [9.17, 15) is 18.0 Å². The van der Waals surface area contributed by atoms with Crippen LogP contribution >= 0.6 is 23.2 Å². The summed E-state index contributed by atoms with van der Waals surface area (Å²) in [5, 5.41) is 3.30. The van der Waals surface area contributed by atoms with Crippen molar-refractivity contribution in [2.45, 2.75) is 32.9 Å². The second kappa shape index (κ2) is 12.7. The molecule has 0 saturated carbocycles. The van der Waals surface area contributed by atoms with Gasteiger partial charge in [0.25, 0.3) is 0 Å². The molecule has 0 spiro atoms. The lowest BCUT2D eigenvalue weighted by Gasteiger charge is -2.33. The number of nitrogens with zero attached hydrogens (tertiary/aromatic N) is 2. The van der Waals surface area contributed by atoms with E-state index >= 15 is 0 Å². The van der Waals surface area contributed by atoms with Crippen molar-refractivity contribution in [3.8, 4) is 0 Å². The highest BCUT2D eigenvalue weighted by Crippen LogP contribution is 2.28. The maximum Gasteiger partial charge on any atom is 0.244 e. The molecule has 0 aromatic heterocycles. The number of likely N-dealkylation sites (N-methyl/N-ethyl adjacent to an activating group) is 1. The first-order chi connectivity index (χ1) is 17.9. The van der Waals surface area contributed by atoms with Crippen LogP contribution in [0.5, 0.6) is 0 Å². The third-order valence-electron chi connectivity index (χ3n) is 6.08. The summed E-state index contributed by atoms with van der Waals surface area (Å²) in [6.45, 7) is 3.11. The molecule has 1 N–H and O–H groups in total. The number of carbonyl (C=O) groups is 2. The molecule has 0 aliphatic carbocycles. The van der Waals surface area contributed by atoms with Gasteiger partial charge >= 0.3 is 0 Å². The van der Waals surface area contributed by atoms with Crippen LogP contribution in [0.4, 0.5) is 5.69 Å². The summed E-state index contributed by atoms with van der Waals surface area (Å²) in [5.74, 6) is -0.974. The Morgan fingerprint density at radius 1 is 0.921 bits per heavy atom. The van der Waals surface area contributed by atoms with Crippen molar-refractivity contribution in [3.05, 3.63) is 99.0 Å². The summed E-state index contributed by atoms with van der Waals surface area (Å²) in [6.07, 6.45) is 1.25. The van der Waals surface area contributed by atoms with Gasteiger partial charge in [0.2, 0.25) is 21.8 Å². The molecule has 0 aliphatic heterocycles. The molecule has 0 bridgehead atoms. The molecule has 0 unspecified atom stereocenters. The molecule has 0 saturated heterocycles. The lowest BCUT2D eigenvalue weighted by Crippen LogP contribution is -2.53. The molecule has 0 aliphatic rings. The van der Waals surface area contributed by atoms with E-state index in [1.165, 1.54) is 11.9 Å². The van der Waals surface area contributed by atoms with Gasteiger partial charge in [-0.2, -0.15) is 0 Å². The molecular formula is C28H31Cl2N3O4S. The van der Waals surface area contributed by atoms with E-state index in [-0.39, 0.29) is 13.0 Å². The number of rotatable bonds is 10. The van der Waals surface area contributed by atoms with E-state index in [0.29, 0.717) is 21.3 Å². The zero-order valence-electron chi connectivity index (χ0n) is 21.7. The van der Waals surface area contributed by atoms with Gasteiger partial charge in [-0.25, -0.2) is 8.42 Å². The number of nitrogens with one attached hydrogen (secondary N) is 1. The van der Waals surface area contributed by atoms with Gasteiger partial charge in [0, 0.05) is 35.6 Å². The van der Waals surface area contributed by atoms with Crippen LogP contribution in [0.1, 0.15) is 22.3 Å². The van der Waals surface area contributed by atoms with Crippen LogP contribution in [0.25, 0.3) is 0 Å². The molecule has 3 rings (SSSR count). The van der Waals surface area contributed by atoms with E-state index in [4.69, 9.17) is 23.2 Å². The molecule has 0 fully saturated rings. The fourth-order valence-corrected chi connectivity index (χ4v) is 5.63. The van der Waals surface area contributed by atoms with E-state index < -0.39 is 34.4 Å². The van der Waals surface area contributed by atoms with Crippen molar-refractivity contribution in [1.29, 1.82) is 0 Å². The van der Waals surface area contributed by atoms with Gasteiger partial charge in [0.1, 0.15) is 12.6 Å². The Hall–Kier alpha value is -3.07. The van der Waals surface area contributed by atoms with Crippen LogP contribution < -0.4 is 9.62 Å². The van der Waals surface area contributed by atoms with Gasteiger partial charge in [-0.05, 0) is 54.8 Å². The van der Waals surface area contributed by atoms with Crippen molar-refractivity contribution >= 4 is 50.7 Å². The lowest BCUT2D eigenvalue weighted by atomic mass is 10.0. The zero-order chi connectivity index (χ0) is 28.0. The predicted octanol–water partition coefficient (Wildman–Crippen LogP) is 4.76. The number of benzene rings is 3. The molecule has 1 atom stereocenters. The van der Waals surface area contributed by atoms with E-state index in [2.05, 4.69) is 5.32 Å². The van der Waals surface area contributed by atoms with Gasteiger partial charge < -0.3 is 10.2 Å². The quantitative estimate of drug-likeness (QED) is 0.377. The summed E-state index contributed by atoms with van der Waals surface area (Å²) in [6, 6.07) is 18.6. The SMILES string of the molecule is CNC(=O)[C@@H](Cc1ccccc1)N(Cc1c(Cl)cccc1Cl)C(=O)CN(c1cc(C)cc(C)c1)S(C)(=O)=O. The Morgan fingerprint density at radius 2 is 1.50 bits per heavy atom. The third kappa shape index (κ3) is 7.49. The molecule has 10 heteroatoms. The van der Waals surface area contributed by atoms with Gasteiger partial charge in [-0.15, -0.1) is 0 Å². The van der Waals surface area contributed by atoms with Crippen molar-refractivity contribution < 1.29 is 18.0 Å². The Labute approximate surface area is 234 Å². The molecule has 2 amide bonds. The van der Waals surface area contributed by atoms with Gasteiger partial charge in [-0.1, -0.05) is 65.7 Å². The topological polar surface area (TPSA) is 86.8 Å². The summed E-state index contributed by atoms with van der Waals surface area (Å²) in [5.41, 5.74) is 3.37. The van der Waals surface area contributed by atoms with Gasteiger partial charge in [0.05, 0.1) is 11.9 Å². The second-order valence-corrected chi connectivity index (χ2v) is 11.9. The van der Waals surface area contributed by atoms with Gasteiger partial charge in [-0.3, -0.25) is 13.9 Å². The molecular weight excluding hydrogens is 545 g/mol. The maximum absolute atomic E-state index is 14.0. The fraction of sp³-hybridized carbons (Fsp3) is 0.286. The highest BCUT2D eigenvalue weighted by atomic mass is 35.5. The fourth-order valence-electron chi connectivity index (χ4n) is 4.28. The van der Waals surface area contributed by atoms with Crippen molar-refractivity contribution in [1.82, 2.24) is 10.2 Å². The molecule has 38 heavy (non-hydrogen) atoms. The molecule has 0 radical (unpaired) electrons. The first-order valence-electron chi connectivity index (χ1n) is 11.9. The van der Waals surface area contributed by atoms with Crippen LogP contribution in [0.15, 0.2) is 66.7 Å². The third-order valence-corrected chi connectivity index (χ3v) is 7.93. The zero-order valence-corrected chi connectivity index (χ0v) is 24.1. The summed E-state index contributed by atoms with van der Waals surface area (Å²) in [4.78, 5) is 28.5. The van der Waals surface area contributed by atoms with Crippen molar-refractivity contribution in [2.75, 3.05) is 24.2 Å². The number of amides is 2. The number of aryl methyl sites for hydroxylation is 2. The van der Waals surface area contributed by atoms with Crippen LogP contribution in [0, 0.1) is 13.8 Å². The molecule has 3 aromatic rings. The smallest absolute Gasteiger partial charge is 0.244 e. The average Bonchev–Trinajstić information content (AvgIpc) is 2.84. The largest absolute Gasteiger partial charge is 0.357 e. The molecule has 3 aromatic carbocycles. The van der Waals surface area contributed by atoms with E-state index in [0.717, 1.165) is 27.3 Å². The Balaban J connectivity index is 2.09. The summed E-state index contributed by atoms with van der Waals surface area (Å²) < 4.78 is 26.8. The first-order valence-corrected chi connectivity index (χ1v) is 14.5. The number of hydrogen-bond donors (Lipinski definition) is 1. The standard InChI is InChI=1S/C28H31Cl2N3O4S/c1-19-13-20(2)15-22(14-19)33(38(4,36)37)18-27(34)32(17-23-24(29)11-8-12-25(23)30)26(28(35)31-3)16-21-9-6-5-7-10-21/h5-15,26H,16-18H2,1-4H3,(H,31,35)/t26-/m1/s1. The highest BCUT2D eigenvalue weighted by Gasteiger charge is 2.33. The van der Waals surface area contributed by atoms with E-state index in [1.807, 2.05) is 50.2 Å². The number of hydrogen-bond acceptors (Lipinski definition) is 4.